The summed E-state index contributed by atoms with van der Waals surface area (Å²) in [5.74, 6) is -0.165. The first-order valence-corrected chi connectivity index (χ1v) is 5.03. The third-order valence-electron chi connectivity index (χ3n) is 2.20. The molecule has 1 rings (SSSR count). The van der Waals surface area contributed by atoms with Crippen molar-refractivity contribution < 1.29 is 9.53 Å². The lowest BCUT2D eigenvalue weighted by Crippen LogP contribution is -2.47. The van der Waals surface area contributed by atoms with Gasteiger partial charge in [-0.1, -0.05) is 6.58 Å². The monoisotopic (exact) mass is 201 g/mol. The van der Waals surface area contributed by atoms with Gasteiger partial charge in [0, 0.05) is 6.54 Å². The number of hydrogen-bond donors (Lipinski definition) is 2. The van der Waals surface area contributed by atoms with Crippen LogP contribution in [0.1, 0.15) is 12.8 Å². The van der Waals surface area contributed by atoms with Crippen LogP contribution < -0.4 is 5.32 Å². The molecule has 0 saturated carbocycles. The molecule has 1 aliphatic heterocycles. The molecule has 0 aromatic rings. The van der Waals surface area contributed by atoms with Crippen LogP contribution in [0.2, 0.25) is 0 Å². The van der Waals surface area contributed by atoms with Gasteiger partial charge in [0.1, 0.15) is 5.60 Å². The number of ether oxygens (including phenoxy) is 1. The van der Waals surface area contributed by atoms with Crippen LogP contribution in [0.25, 0.3) is 0 Å². The lowest BCUT2D eigenvalue weighted by atomic mass is 9.94. The van der Waals surface area contributed by atoms with E-state index in [1.165, 1.54) is 0 Å². The summed E-state index contributed by atoms with van der Waals surface area (Å²) in [5.41, 5.74) is -0.502. The summed E-state index contributed by atoms with van der Waals surface area (Å²) in [7, 11) is 0. The minimum atomic E-state index is -0.502. The van der Waals surface area contributed by atoms with E-state index in [2.05, 4.69) is 24.5 Å². The van der Waals surface area contributed by atoms with Gasteiger partial charge < -0.3 is 10.1 Å². The van der Waals surface area contributed by atoms with Crippen molar-refractivity contribution in [1.29, 1.82) is 0 Å². The summed E-state index contributed by atoms with van der Waals surface area (Å²) in [6.07, 6.45) is 3.56. The number of nitrogens with one attached hydrogen (secondary N) is 1. The molecule has 1 atom stereocenters. The number of carbonyl (C=O) groups is 1. The second-order valence-electron chi connectivity index (χ2n) is 3.18. The van der Waals surface area contributed by atoms with Crippen molar-refractivity contribution in [2.45, 2.75) is 18.4 Å². The first kappa shape index (κ1) is 10.6. The molecule has 3 nitrogen and oxygen atoms in total. The summed E-state index contributed by atoms with van der Waals surface area (Å²) >= 11 is 3.86. The maximum atomic E-state index is 11.1. The molecular weight excluding hydrogens is 186 g/mol. The van der Waals surface area contributed by atoms with Gasteiger partial charge in [0.25, 0.3) is 0 Å². The van der Waals surface area contributed by atoms with Gasteiger partial charge in [0.15, 0.2) is 0 Å². The van der Waals surface area contributed by atoms with Crippen LogP contribution in [0.15, 0.2) is 12.7 Å². The molecular formula is C9H15NO2S. The predicted octanol–water partition coefficient (Wildman–Crippen LogP) is 0.768. The quantitative estimate of drug-likeness (QED) is 0.402. The molecule has 74 valence electrons. The number of carbonyl (C=O) groups excluding carboxylic acids is 1. The van der Waals surface area contributed by atoms with Crippen LogP contribution in [0.4, 0.5) is 0 Å². The number of piperidine rings is 1. The number of esters is 1. The predicted molar refractivity (Wildman–Crippen MR) is 55.0 cm³/mol. The molecule has 1 fully saturated rings. The molecule has 1 unspecified atom stereocenters. The molecule has 1 saturated heterocycles. The van der Waals surface area contributed by atoms with Gasteiger partial charge in [-0.2, -0.15) is 12.6 Å². The van der Waals surface area contributed by atoms with E-state index in [0.717, 1.165) is 19.4 Å². The Morgan fingerprint density at radius 2 is 2.54 bits per heavy atom. The van der Waals surface area contributed by atoms with Gasteiger partial charge in [-0.15, -0.1) is 0 Å². The van der Waals surface area contributed by atoms with Gasteiger partial charge >= 0.3 is 5.97 Å². The normalized spacial score (nSPS) is 28.1. The second kappa shape index (κ2) is 4.67. The highest BCUT2D eigenvalue weighted by molar-refractivity contribution is 7.81. The van der Waals surface area contributed by atoms with Gasteiger partial charge in [-0.05, 0) is 25.5 Å². The topological polar surface area (TPSA) is 38.3 Å². The first-order chi connectivity index (χ1) is 6.22. The average Bonchev–Trinajstić information content (AvgIpc) is 2.19. The largest absolute Gasteiger partial charge is 0.453 e. The summed E-state index contributed by atoms with van der Waals surface area (Å²) in [4.78, 5) is 11.1. The van der Waals surface area contributed by atoms with Crippen molar-refractivity contribution in [3.8, 4) is 0 Å². The highest BCUT2D eigenvalue weighted by Crippen LogP contribution is 2.22. The Morgan fingerprint density at radius 1 is 1.77 bits per heavy atom. The highest BCUT2D eigenvalue weighted by Gasteiger charge is 2.32. The molecule has 0 aromatic heterocycles. The molecule has 1 heterocycles. The van der Waals surface area contributed by atoms with Crippen LogP contribution in [0.3, 0.4) is 0 Å². The van der Waals surface area contributed by atoms with Crippen molar-refractivity contribution >= 4 is 18.6 Å². The van der Waals surface area contributed by atoms with Crippen molar-refractivity contribution in [2.24, 2.45) is 0 Å². The van der Waals surface area contributed by atoms with Crippen LogP contribution in [-0.4, -0.2) is 30.4 Å². The van der Waals surface area contributed by atoms with E-state index in [9.17, 15) is 4.79 Å². The van der Waals surface area contributed by atoms with Crippen LogP contribution in [-0.2, 0) is 9.53 Å². The van der Waals surface area contributed by atoms with E-state index in [1.54, 1.807) is 6.08 Å². The first-order valence-electron chi connectivity index (χ1n) is 4.39. The summed E-state index contributed by atoms with van der Waals surface area (Å²) in [6, 6.07) is 0. The fourth-order valence-corrected chi connectivity index (χ4v) is 1.53. The minimum Gasteiger partial charge on any atom is -0.453 e. The molecule has 13 heavy (non-hydrogen) atoms. The Labute approximate surface area is 83.9 Å². The third-order valence-corrected chi connectivity index (χ3v) is 2.45. The highest BCUT2D eigenvalue weighted by atomic mass is 32.1. The Bertz CT molecular complexity index is 200. The summed E-state index contributed by atoms with van der Waals surface area (Å²) < 4.78 is 5.28. The maximum Gasteiger partial charge on any atom is 0.316 e. The van der Waals surface area contributed by atoms with Crippen molar-refractivity contribution in [3.05, 3.63) is 12.7 Å². The van der Waals surface area contributed by atoms with Crippen LogP contribution in [0.5, 0.6) is 0 Å². The molecule has 0 spiro atoms. The summed E-state index contributed by atoms with van der Waals surface area (Å²) in [5, 5.41) is 3.18. The van der Waals surface area contributed by atoms with E-state index in [0.29, 0.717) is 6.54 Å². The Kier molecular flexibility index (Phi) is 3.81. The van der Waals surface area contributed by atoms with Crippen LogP contribution >= 0.6 is 12.6 Å². The van der Waals surface area contributed by atoms with E-state index >= 15 is 0 Å². The lowest BCUT2D eigenvalue weighted by molar-refractivity contribution is -0.153. The molecule has 1 N–H and O–H groups in total. The van der Waals surface area contributed by atoms with E-state index < -0.39 is 5.60 Å². The Morgan fingerprint density at radius 3 is 3.00 bits per heavy atom. The van der Waals surface area contributed by atoms with E-state index in [-0.39, 0.29) is 11.7 Å². The average molecular weight is 201 g/mol. The number of rotatable bonds is 3. The SMILES string of the molecule is C=CC1(OC(=O)CS)CCCNC1. The number of hydrogen-bond acceptors (Lipinski definition) is 4. The fraction of sp³-hybridized carbons (Fsp3) is 0.667. The Hall–Kier alpha value is -0.480. The summed E-state index contributed by atoms with van der Waals surface area (Å²) in [6.45, 7) is 5.34. The van der Waals surface area contributed by atoms with E-state index in [4.69, 9.17) is 4.74 Å². The van der Waals surface area contributed by atoms with Gasteiger partial charge in [0.2, 0.25) is 0 Å². The molecule has 4 heteroatoms. The zero-order valence-corrected chi connectivity index (χ0v) is 8.48. The zero-order valence-electron chi connectivity index (χ0n) is 7.58. The smallest absolute Gasteiger partial charge is 0.316 e. The fourth-order valence-electron chi connectivity index (χ4n) is 1.46. The Balaban J connectivity index is 2.57. The molecule has 0 bridgehead atoms. The standard InChI is InChI=1S/C9H15NO2S/c1-2-9(12-8(11)6-13)4-3-5-10-7-9/h2,10,13H,1,3-7H2. The maximum absolute atomic E-state index is 11.1. The lowest BCUT2D eigenvalue weighted by Gasteiger charge is -2.34. The number of thiol groups is 1. The zero-order chi connectivity index (χ0) is 9.73. The third kappa shape index (κ3) is 2.74. The molecule has 0 aliphatic carbocycles. The molecule has 1 aliphatic rings. The van der Waals surface area contributed by atoms with Gasteiger partial charge in [0.05, 0.1) is 5.75 Å². The van der Waals surface area contributed by atoms with Crippen molar-refractivity contribution in [1.82, 2.24) is 5.32 Å². The van der Waals surface area contributed by atoms with Crippen LogP contribution in [0, 0.1) is 0 Å². The second-order valence-corrected chi connectivity index (χ2v) is 3.50. The molecule has 0 amide bonds. The van der Waals surface area contributed by atoms with Crippen molar-refractivity contribution in [2.75, 3.05) is 18.8 Å². The molecule has 0 aromatic carbocycles. The van der Waals surface area contributed by atoms with Gasteiger partial charge in [-0.25, -0.2) is 0 Å². The van der Waals surface area contributed by atoms with Gasteiger partial charge in [-0.3, -0.25) is 4.79 Å². The molecule has 0 radical (unpaired) electrons. The van der Waals surface area contributed by atoms with E-state index in [1.807, 2.05) is 0 Å². The minimum absolute atomic E-state index is 0.121. The van der Waals surface area contributed by atoms with Crippen molar-refractivity contribution in [3.63, 3.8) is 0 Å².